The Morgan fingerprint density at radius 2 is 1.00 bits per heavy atom. The Morgan fingerprint density at radius 1 is 0.619 bits per heavy atom. The summed E-state index contributed by atoms with van der Waals surface area (Å²) in [6, 6.07) is 0. The van der Waals surface area contributed by atoms with Crippen LogP contribution in [0.5, 0.6) is 0 Å². The first-order valence-corrected chi connectivity index (χ1v) is 9.48. The van der Waals surface area contributed by atoms with Gasteiger partial charge in [-0.05, 0) is 20.0 Å². The fourth-order valence-corrected chi connectivity index (χ4v) is 2.86. The first-order valence-electron chi connectivity index (χ1n) is 9.48. The van der Waals surface area contributed by atoms with Gasteiger partial charge in [-0.25, -0.2) is 0 Å². The molecule has 0 heterocycles. The molecule has 0 amide bonds. The number of unbranched alkanes of at least 4 members (excludes halogenated alkanes) is 13. The normalized spacial score (nSPS) is 11.4. The molecular formula is C19H41NO. The molecule has 2 nitrogen and oxygen atoms in total. The van der Waals surface area contributed by atoms with Gasteiger partial charge in [0.2, 0.25) is 0 Å². The van der Waals surface area contributed by atoms with Crippen molar-refractivity contribution in [2.75, 3.05) is 27.4 Å². The Labute approximate surface area is 134 Å². The molecular weight excluding hydrogens is 258 g/mol. The van der Waals surface area contributed by atoms with Crippen LogP contribution >= 0.6 is 0 Å². The van der Waals surface area contributed by atoms with Gasteiger partial charge < -0.3 is 4.74 Å². The molecule has 0 aliphatic rings. The van der Waals surface area contributed by atoms with E-state index in [1.165, 1.54) is 96.4 Å². The zero-order valence-corrected chi connectivity index (χ0v) is 15.2. The average molecular weight is 300 g/mol. The highest BCUT2D eigenvalue weighted by Crippen LogP contribution is 2.12. The molecule has 0 aliphatic heterocycles. The molecule has 0 aromatic carbocycles. The van der Waals surface area contributed by atoms with E-state index in [1.807, 2.05) is 0 Å². The van der Waals surface area contributed by atoms with Gasteiger partial charge in [0.25, 0.3) is 0 Å². The molecule has 0 unspecified atom stereocenters. The van der Waals surface area contributed by atoms with Gasteiger partial charge in [-0.2, -0.15) is 0 Å². The number of hydrogen-bond donors (Lipinski definition) is 0. The minimum atomic E-state index is 0.762. The third-order valence-corrected chi connectivity index (χ3v) is 4.24. The minimum Gasteiger partial charge on any atom is -0.369 e. The molecule has 0 saturated carbocycles. The van der Waals surface area contributed by atoms with E-state index in [2.05, 4.69) is 18.9 Å². The van der Waals surface area contributed by atoms with Gasteiger partial charge in [0, 0.05) is 7.11 Å². The Bertz CT molecular complexity index is 184. The SMILES string of the molecule is CCCCCCCCCCCCCCCCN(C)COC. The highest BCUT2D eigenvalue weighted by atomic mass is 16.5. The molecule has 2 heteroatoms. The van der Waals surface area contributed by atoms with Crippen LogP contribution in [0.25, 0.3) is 0 Å². The highest BCUT2D eigenvalue weighted by Gasteiger charge is 1.97. The standard InChI is InChI=1S/C19H41NO/c1-4-5-6-7-8-9-10-11-12-13-14-15-16-17-18-20(2)19-21-3/h4-19H2,1-3H3. The number of nitrogens with zero attached hydrogens (tertiary/aromatic N) is 1. The topological polar surface area (TPSA) is 12.5 Å². The van der Waals surface area contributed by atoms with Gasteiger partial charge in [0.05, 0.1) is 6.73 Å². The fourth-order valence-electron chi connectivity index (χ4n) is 2.86. The quantitative estimate of drug-likeness (QED) is 0.241. The lowest BCUT2D eigenvalue weighted by Crippen LogP contribution is -2.21. The van der Waals surface area contributed by atoms with Crippen molar-refractivity contribution in [3.63, 3.8) is 0 Å². The minimum absolute atomic E-state index is 0.762. The summed E-state index contributed by atoms with van der Waals surface area (Å²) in [5, 5.41) is 0. The van der Waals surface area contributed by atoms with Crippen molar-refractivity contribution >= 4 is 0 Å². The maximum atomic E-state index is 5.10. The van der Waals surface area contributed by atoms with Gasteiger partial charge in [-0.1, -0.05) is 90.4 Å². The van der Waals surface area contributed by atoms with Crippen molar-refractivity contribution in [2.24, 2.45) is 0 Å². The second-order valence-electron chi connectivity index (χ2n) is 6.59. The monoisotopic (exact) mass is 299 g/mol. The van der Waals surface area contributed by atoms with Gasteiger partial charge in [-0.15, -0.1) is 0 Å². The van der Waals surface area contributed by atoms with Gasteiger partial charge in [0.1, 0.15) is 0 Å². The largest absolute Gasteiger partial charge is 0.369 e. The Morgan fingerprint density at radius 3 is 1.38 bits per heavy atom. The number of ether oxygens (including phenoxy) is 1. The number of rotatable bonds is 17. The summed E-state index contributed by atoms with van der Waals surface area (Å²) in [4.78, 5) is 2.25. The van der Waals surface area contributed by atoms with Crippen LogP contribution in [0.1, 0.15) is 96.8 Å². The van der Waals surface area contributed by atoms with Crippen molar-refractivity contribution in [2.45, 2.75) is 96.8 Å². The molecule has 0 saturated heterocycles. The summed E-state index contributed by atoms with van der Waals surface area (Å²) >= 11 is 0. The molecule has 0 atom stereocenters. The van der Waals surface area contributed by atoms with Crippen molar-refractivity contribution in [3.8, 4) is 0 Å². The van der Waals surface area contributed by atoms with Crippen LogP contribution in [0.3, 0.4) is 0 Å². The van der Waals surface area contributed by atoms with E-state index in [0.717, 1.165) is 6.73 Å². The summed E-state index contributed by atoms with van der Waals surface area (Å²) in [6.45, 7) is 4.22. The molecule has 0 aromatic rings. The Balaban J connectivity index is 2.99. The van der Waals surface area contributed by atoms with E-state index in [1.54, 1.807) is 7.11 Å². The van der Waals surface area contributed by atoms with Crippen LogP contribution in [0.2, 0.25) is 0 Å². The van der Waals surface area contributed by atoms with E-state index in [-0.39, 0.29) is 0 Å². The maximum absolute atomic E-state index is 5.10. The highest BCUT2D eigenvalue weighted by molar-refractivity contribution is 4.51. The Kier molecular flexibility index (Phi) is 17.9. The smallest absolute Gasteiger partial charge is 0.0983 e. The lowest BCUT2D eigenvalue weighted by molar-refractivity contribution is 0.0807. The van der Waals surface area contributed by atoms with Crippen LogP contribution in [-0.4, -0.2) is 32.3 Å². The summed E-state index contributed by atoms with van der Waals surface area (Å²) in [6.07, 6.45) is 20.0. The summed E-state index contributed by atoms with van der Waals surface area (Å²) < 4.78 is 5.10. The predicted molar refractivity (Wildman–Crippen MR) is 94.8 cm³/mol. The van der Waals surface area contributed by atoms with Crippen LogP contribution in [0.15, 0.2) is 0 Å². The van der Waals surface area contributed by atoms with E-state index in [4.69, 9.17) is 4.74 Å². The number of hydrogen-bond acceptors (Lipinski definition) is 2. The zero-order chi connectivity index (χ0) is 15.6. The molecule has 0 aliphatic carbocycles. The molecule has 21 heavy (non-hydrogen) atoms. The lowest BCUT2D eigenvalue weighted by Gasteiger charge is -2.14. The molecule has 128 valence electrons. The zero-order valence-electron chi connectivity index (χ0n) is 15.2. The lowest BCUT2D eigenvalue weighted by atomic mass is 10.0. The summed E-state index contributed by atoms with van der Waals surface area (Å²) in [5.74, 6) is 0. The summed E-state index contributed by atoms with van der Waals surface area (Å²) in [7, 11) is 3.90. The first kappa shape index (κ1) is 20.9. The molecule has 0 spiro atoms. The second-order valence-corrected chi connectivity index (χ2v) is 6.59. The summed E-state index contributed by atoms with van der Waals surface area (Å²) in [5.41, 5.74) is 0. The van der Waals surface area contributed by atoms with E-state index < -0.39 is 0 Å². The third kappa shape index (κ3) is 17.9. The second kappa shape index (κ2) is 18.0. The van der Waals surface area contributed by atoms with Gasteiger partial charge in [0.15, 0.2) is 0 Å². The third-order valence-electron chi connectivity index (χ3n) is 4.24. The fraction of sp³-hybridized carbons (Fsp3) is 1.00. The van der Waals surface area contributed by atoms with E-state index in [0.29, 0.717) is 0 Å². The van der Waals surface area contributed by atoms with Gasteiger partial charge in [-0.3, -0.25) is 4.90 Å². The molecule has 0 N–H and O–H groups in total. The van der Waals surface area contributed by atoms with Crippen LogP contribution in [0.4, 0.5) is 0 Å². The van der Waals surface area contributed by atoms with Crippen LogP contribution in [0, 0.1) is 0 Å². The van der Waals surface area contributed by atoms with Crippen molar-refractivity contribution < 1.29 is 4.74 Å². The first-order chi connectivity index (χ1) is 10.3. The van der Waals surface area contributed by atoms with Crippen LogP contribution < -0.4 is 0 Å². The van der Waals surface area contributed by atoms with Crippen LogP contribution in [-0.2, 0) is 4.74 Å². The van der Waals surface area contributed by atoms with Crippen molar-refractivity contribution in [3.05, 3.63) is 0 Å². The Hall–Kier alpha value is -0.0800. The molecule has 0 aromatic heterocycles. The predicted octanol–water partition coefficient (Wildman–Crippen LogP) is 6.00. The average Bonchev–Trinajstić information content (AvgIpc) is 2.48. The van der Waals surface area contributed by atoms with Gasteiger partial charge >= 0.3 is 0 Å². The van der Waals surface area contributed by atoms with E-state index in [9.17, 15) is 0 Å². The van der Waals surface area contributed by atoms with Crippen molar-refractivity contribution in [1.29, 1.82) is 0 Å². The van der Waals surface area contributed by atoms with E-state index >= 15 is 0 Å². The molecule has 0 fully saturated rings. The number of methoxy groups -OCH3 is 1. The molecule has 0 radical (unpaired) electrons. The molecule has 0 bridgehead atoms. The maximum Gasteiger partial charge on any atom is 0.0983 e. The molecule has 0 rings (SSSR count). The van der Waals surface area contributed by atoms with Crippen molar-refractivity contribution in [1.82, 2.24) is 4.90 Å².